The summed E-state index contributed by atoms with van der Waals surface area (Å²) in [5, 5.41) is 3.31. The van der Waals surface area contributed by atoms with Crippen LogP contribution in [0.4, 0.5) is 0 Å². The highest BCUT2D eigenvalue weighted by Gasteiger charge is 2.46. The highest BCUT2D eigenvalue weighted by atomic mass is 32.2. The molecule has 1 unspecified atom stereocenters. The first-order valence-electron chi connectivity index (χ1n) is 3.79. The molecule has 3 nitrogen and oxygen atoms in total. The minimum Gasteiger partial charge on any atom is -0.460 e. The van der Waals surface area contributed by atoms with Crippen molar-refractivity contribution in [1.82, 2.24) is 5.32 Å². The summed E-state index contributed by atoms with van der Waals surface area (Å²) in [6, 6.07) is 0.275. The molecule has 0 aromatic carbocycles. The van der Waals surface area contributed by atoms with E-state index < -0.39 is 0 Å². The lowest BCUT2D eigenvalue weighted by Gasteiger charge is -2.10. The number of nitrogens with one attached hydrogen (secondary N) is 1. The molecular weight excluding hydrogens is 162 g/mol. The Morgan fingerprint density at radius 1 is 1.73 bits per heavy atom. The number of hydrogen-bond donors (Lipinski definition) is 1. The van der Waals surface area contributed by atoms with E-state index in [0.717, 1.165) is 13.0 Å². The van der Waals surface area contributed by atoms with Crippen molar-refractivity contribution < 1.29 is 9.53 Å². The van der Waals surface area contributed by atoms with Crippen LogP contribution in [0.1, 0.15) is 6.42 Å². The molecule has 0 spiro atoms. The first kappa shape index (κ1) is 7.43. The second-order valence-electron chi connectivity index (χ2n) is 2.90. The molecule has 1 N–H and O–H groups in total. The molecule has 2 saturated heterocycles. The highest BCUT2D eigenvalue weighted by Crippen LogP contribution is 2.29. The van der Waals surface area contributed by atoms with Gasteiger partial charge in [0.05, 0.1) is 6.04 Å². The van der Waals surface area contributed by atoms with Gasteiger partial charge >= 0.3 is 5.97 Å². The number of ether oxygens (including phenoxy) is 1. The zero-order valence-corrected chi connectivity index (χ0v) is 7.19. The Hall–Kier alpha value is -0.220. The summed E-state index contributed by atoms with van der Waals surface area (Å²) in [5.74, 6) is -0.0419. The summed E-state index contributed by atoms with van der Waals surface area (Å²) in [5.41, 5.74) is 0. The Bertz CT molecular complexity index is 185. The van der Waals surface area contributed by atoms with Gasteiger partial charge in [-0.3, -0.25) is 4.79 Å². The van der Waals surface area contributed by atoms with E-state index >= 15 is 0 Å². The molecule has 62 valence electrons. The molecule has 2 fully saturated rings. The van der Waals surface area contributed by atoms with E-state index in [-0.39, 0.29) is 23.4 Å². The fraction of sp³-hybridized carbons (Fsp3) is 0.857. The lowest BCUT2D eigenvalue weighted by molar-refractivity contribution is -0.140. The van der Waals surface area contributed by atoms with Crippen LogP contribution in [-0.2, 0) is 9.53 Å². The van der Waals surface area contributed by atoms with Gasteiger partial charge in [-0.2, -0.15) is 0 Å². The Balaban J connectivity index is 2.13. The van der Waals surface area contributed by atoms with Crippen molar-refractivity contribution in [2.24, 2.45) is 0 Å². The summed E-state index contributed by atoms with van der Waals surface area (Å²) in [7, 11) is 0. The molecule has 2 rings (SSSR count). The van der Waals surface area contributed by atoms with Crippen LogP contribution < -0.4 is 5.32 Å². The molecular formula is C7H11NO2S. The molecule has 11 heavy (non-hydrogen) atoms. The number of rotatable bonds is 1. The average Bonchev–Trinajstić information content (AvgIpc) is 2.46. The normalized spacial score (nSPS) is 42.3. The van der Waals surface area contributed by atoms with Gasteiger partial charge < -0.3 is 10.1 Å². The van der Waals surface area contributed by atoms with Crippen molar-refractivity contribution in [3.05, 3.63) is 0 Å². The number of carbonyl (C=O) groups excluding carboxylic acids is 1. The van der Waals surface area contributed by atoms with Crippen LogP contribution in [0.15, 0.2) is 0 Å². The molecule has 0 amide bonds. The lowest BCUT2D eigenvalue weighted by Crippen LogP contribution is -2.35. The first-order chi connectivity index (χ1) is 5.33. The van der Waals surface area contributed by atoms with E-state index in [9.17, 15) is 4.79 Å². The van der Waals surface area contributed by atoms with Crippen LogP contribution in [0.5, 0.6) is 0 Å². The van der Waals surface area contributed by atoms with Gasteiger partial charge in [0.1, 0.15) is 11.4 Å². The minimum absolute atomic E-state index is 0.0301. The molecule has 0 bridgehead atoms. The van der Waals surface area contributed by atoms with Crippen LogP contribution in [0.2, 0.25) is 0 Å². The van der Waals surface area contributed by atoms with Crippen LogP contribution in [-0.4, -0.2) is 36.2 Å². The molecule has 2 aliphatic heterocycles. The summed E-state index contributed by atoms with van der Waals surface area (Å²) in [4.78, 5) is 11.1. The predicted molar refractivity (Wildman–Crippen MR) is 43.6 cm³/mol. The molecule has 0 aromatic rings. The Labute approximate surface area is 69.9 Å². The van der Waals surface area contributed by atoms with Gasteiger partial charge in [0.2, 0.25) is 0 Å². The van der Waals surface area contributed by atoms with Crippen molar-refractivity contribution in [2.75, 3.05) is 12.8 Å². The molecule has 0 aliphatic carbocycles. The fourth-order valence-electron chi connectivity index (χ4n) is 1.74. The van der Waals surface area contributed by atoms with Crippen molar-refractivity contribution in [1.29, 1.82) is 0 Å². The Morgan fingerprint density at radius 2 is 2.55 bits per heavy atom. The molecule has 3 atom stereocenters. The van der Waals surface area contributed by atoms with E-state index in [4.69, 9.17) is 4.74 Å². The van der Waals surface area contributed by atoms with Crippen molar-refractivity contribution >= 4 is 17.7 Å². The fourth-order valence-corrected chi connectivity index (χ4v) is 2.56. The SMILES string of the molecule is CSC1C(=O)O[C@@H]2CCN[C@@H]12. The average molecular weight is 173 g/mol. The maximum absolute atomic E-state index is 11.1. The lowest BCUT2D eigenvalue weighted by atomic mass is 10.1. The second-order valence-corrected chi connectivity index (χ2v) is 3.88. The summed E-state index contributed by atoms with van der Waals surface area (Å²) in [6.45, 7) is 0.986. The van der Waals surface area contributed by atoms with Gasteiger partial charge in [-0.1, -0.05) is 0 Å². The molecule has 0 saturated carbocycles. The van der Waals surface area contributed by atoms with E-state index in [1.54, 1.807) is 11.8 Å². The number of carbonyl (C=O) groups is 1. The van der Waals surface area contributed by atoms with Crippen LogP contribution in [0, 0.1) is 0 Å². The zero-order valence-electron chi connectivity index (χ0n) is 6.37. The predicted octanol–water partition coefficient (Wildman–Crippen LogP) is 0.00530. The maximum Gasteiger partial charge on any atom is 0.321 e. The number of fused-ring (bicyclic) bond motifs is 1. The van der Waals surface area contributed by atoms with E-state index in [1.165, 1.54) is 0 Å². The standard InChI is InChI=1S/C7H11NO2S/c1-11-6-5-4(2-3-8-5)10-7(6)9/h4-6,8H,2-3H2,1H3/t4-,5-,6?/m1/s1. The third-order valence-electron chi connectivity index (χ3n) is 2.29. The number of esters is 1. The molecule has 0 radical (unpaired) electrons. The van der Waals surface area contributed by atoms with Crippen molar-refractivity contribution in [3.8, 4) is 0 Å². The third-order valence-corrected chi connectivity index (χ3v) is 3.28. The molecule has 4 heteroatoms. The van der Waals surface area contributed by atoms with E-state index in [0.29, 0.717) is 0 Å². The Morgan fingerprint density at radius 3 is 3.27 bits per heavy atom. The minimum atomic E-state index is -0.0419. The van der Waals surface area contributed by atoms with Crippen molar-refractivity contribution in [2.45, 2.75) is 23.8 Å². The first-order valence-corrected chi connectivity index (χ1v) is 5.08. The second kappa shape index (κ2) is 2.68. The van der Waals surface area contributed by atoms with Crippen LogP contribution in [0.25, 0.3) is 0 Å². The zero-order chi connectivity index (χ0) is 7.84. The van der Waals surface area contributed by atoms with Crippen LogP contribution >= 0.6 is 11.8 Å². The monoisotopic (exact) mass is 173 g/mol. The molecule has 2 heterocycles. The van der Waals surface area contributed by atoms with Gasteiger partial charge in [-0.15, -0.1) is 11.8 Å². The van der Waals surface area contributed by atoms with Gasteiger partial charge in [0.25, 0.3) is 0 Å². The van der Waals surface area contributed by atoms with Crippen LogP contribution in [0.3, 0.4) is 0 Å². The maximum atomic E-state index is 11.1. The smallest absolute Gasteiger partial charge is 0.321 e. The highest BCUT2D eigenvalue weighted by molar-refractivity contribution is 8.00. The summed E-state index contributed by atoms with van der Waals surface area (Å²) < 4.78 is 5.17. The molecule has 2 aliphatic rings. The summed E-state index contributed by atoms with van der Waals surface area (Å²) >= 11 is 1.58. The van der Waals surface area contributed by atoms with Gasteiger partial charge in [0.15, 0.2) is 0 Å². The summed E-state index contributed by atoms with van der Waals surface area (Å²) in [6.07, 6.45) is 3.09. The van der Waals surface area contributed by atoms with Gasteiger partial charge in [-0.05, 0) is 19.2 Å². The number of hydrogen-bond acceptors (Lipinski definition) is 4. The topological polar surface area (TPSA) is 38.3 Å². The van der Waals surface area contributed by atoms with E-state index in [2.05, 4.69) is 5.32 Å². The van der Waals surface area contributed by atoms with Crippen molar-refractivity contribution in [3.63, 3.8) is 0 Å². The quantitative estimate of drug-likeness (QED) is 0.567. The van der Waals surface area contributed by atoms with Gasteiger partial charge in [0, 0.05) is 0 Å². The number of thioether (sulfide) groups is 1. The Kier molecular flexibility index (Phi) is 1.81. The third kappa shape index (κ3) is 1.05. The molecule has 0 aromatic heterocycles. The van der Waals surface area contributed by atoms with E-state index in [1.807, 2.05) is 6.26 Å². The largest absolute Gasteiger partial charge is 0.460 e. The van der Waals surface area contributed by atoms with Gasteiger partial charge in [-0.25, -0.2) is 0 Å².